The Morgan fingerprint density at radius 2 is 2.06 bits per heavy atom. The van der Waals surface area contributed by atoms with Gasteiger partial charge in [-0.2, -0.15) is 5.10 Å². The van der Waals surface area contributed by atoms with E-state index in [1.165, 1.54) is 32.1 Å². The van der Waals surface area contributed by atoms with Crippen LogP contribution >= 0.6 is 11.6 Å². The molecule has 4 heteroatoms. The minimum atomic E-state index is 0.546. The highest BCUT2D eigenvalue weighted by atomic mass is 35.5. The Hall–Kier alpha value is -1.09. The maximum Gasteiger partial charge on any atom is 0.139 e. The van der Waals surface area contributed by atoms with E-state index in [1.807, 2.05) is 12.3 Å². The zero-order chi connectivity index (χ0) is 11.0. The summed E-state index contributed by atoms with van der Waals surface area (Å²) in [6.07, 6.45) is 10.0. The van der Waals surface area contributed by atoms with Gasteiger partial charge in [0, 0.05) is 6.20 Å². The SMILES string of the molecule is Clc1nccc2c1cnn2C1CCCCC1. The number of fused-ring (bicyclic) bond motifs is 1. The van der Waals surface area contributed by atoms with Crippen molar-refractivity contribution in [3.63, 3.8) is 0 Å². The van der Waals surface area contributed by atoms with Crippen molar-refractivity contribution in [2.24, 2.45) is 0 Å². The molecule has 0 aromatic carbocycles. The highest BCUT2D eigenvalue weighted by molar-refractivity contribution is 6.34. The quantitative estimate of drug-likeness (QED) is 0.708. The zero-order valence-electron chi connectivity index (χ0n) is 9.06. The van der Waals surface area contributed by atoms with Gasteiger partial charge in [-0.15, -0.1) is 0 Å². The molecular formula is C12H14ClN3. The van der Waals surface area contributed by atoms with Crippen LogP contribution < -0.4 is 0 Å². The summed E-state index contributed by atoms with van der Waals surface area (Å²) in [4.78, 5) is 4.08. The monoisotopic (exact) mass is 235 g/mol. The third-order valence-corrected chi connectivity index (χ3v) is 3.70. The molecule has 1 saturated carbocycles. The molecule has 0 saturated heterocycles. The molecule has 3 nitrogen and oxygen atoms in total. The fraction of sp³-hybridized carbons (Fsp3) is 0.500. The lowest BCUT2D eigenvalue weighted by atomic mass is 9.95. The number of hydrogen-bond acceptors (Lipinski definition) is 2. The van der Waals surface area contributed by atoms with Crippen LogP contribution in [0.25, 0.3) is 10.9 Å². The summed E-state index contributed by atoms with van der Waals surface area (Å²) in [5.74, 6) is 0. The molecule has 2 aromatic rings. The molecule has 0 N–H and O–H groups in total. The van der Waals surface area contributed by atoms with E-state index in [2.05, 4.69) is 14.8 Å². The van der Waals surface area contributed by atoms with Crippen molar-refractivity contribution in [3.05, 3.63) is 23.6 Å². The molecule has 0 spiro atoms. The van der Waals surface area contributed by atoms with Crippen molar-refractivity contribution in [3.8, 4) is 0 Å². The van der Waals surface area contributed by atoms with E-state index in [0.29, 0.717) is 11.2 Å². The molecule has 2 heterocycles. The summed E-state index contributed by atoms with van der Waals surface area (Å²) >= 11 is 6.04. The molecule has 2 aromatic heterocycles. The fourth-order valence-electron chi connectivity index (χ4n) is 2.56. The maximum atomic E-state index is 6.04. The standard InChI is InChI=1S/C12H14ClN3/c13-12-10-8-15-16(11(10)6-7-14-12)9-4-2-1-3-5-9/h6-9H,1-5H2. The molecule has 0 aliphatic heterocycles. The van der Waals surface area contributed by atoms with Crippen molar-refractivity contribution in [2.45, 2.75) is 38.1 Å². The fourth-order valence-corrected chi connectivity index (χ4v) is 2.76. The zero-order valence-corrected chi connectivity index (χ0v) is 9.82. The average Bonchev–Trinajstić information content (AvgIpc) is 2.75. The van der Waals surface area contributed by atoms with Crippen LogP contribution in [0.4, 0.5) is 0 Å². The molecule has 0 atom stereocenters. The number of halogens is 1. The van der Waals surface area contributed by atoms with Gasteiger partial charge in [0.25, 0.3) is 0 Å². The molecule has 0 radical (unpaired) electrons. The first-order valence-corrected chi connectivity index (χ1v) is 6.22. The lowest BCUT2D eigenvalue weighted by Gasteiger charge is -2.22. The predicted octanol–water partition coefficient (Wildman–Crippen LogP) is 3.59. The van der Waals surface area contributed by atoms with Gasteiger partial charge in [-0.3, -0.25) is 4.68 Å². The van der Waals surface area contributed by atoms with E-state index < -0.39 is 0 Å². The molecule has 3 rings (SSSR count). The van der Waals surface area contributed by atoms with Crippen LogP contribution in [-0.2, 0) is 0 Å². The third kappa shape index (κ3) is 1.59. The second kappa shape index (κ2) is 4.06. The molecule has 84 valence electrons. The van der Waals surface area contributed by atoms with Gasteiger partial charge in [0.2, 0.25) is 0 Å². The summed E-state index contributed by atoms with van der Waals surface area (Å²) in [5.41, 5.74) is 1.12. The van der Waals surface area contributed by atoms with E-state index in [-0.39, 0.29) is 0 Å². The maximum absolute atomic E-state index is 6.04. The van der Waals surface area contributed by atoms with Crippen LogP contribution in [0.5, 0.6) is 0 Å². The van der Waals surface area contributed by atoms with Gasteiger partial charge in [0.05, 0.1) is 23.1 Å². The molecular weight excluding hydrogens is 222 g/mol. The van der Waals surface area contributed by atoms with Crippen LogP contribution in [0, 0.1) is 0 Å². The van der Waals surface area contributed by atoms with Gasteiger partial charge >= 0.3 is 0 Å². The summed E-state index contributed by atoms with van der Waals surface area (Å²) in [7, 11) is 0. The molecule has 0 unspecified atom stereocenters. The number of aromatic nitrogens is 3. The number of nitrogens with zero attached hydrogens (tertiary/aromatic N) is 3. The summed E-state index contributed by atoms with van der Waals surface area (Å²) in [5, 5.41) is 5.99. The first-order chi connectivity index (χ1) is 7.86. The predicted molar refractivity (Wildman–Crippen MR) is 64.7 cm³/mol. The second-order valence-electron chi connectivity index (χ2n) is 4.42. The van der Waals surface area contributed by atoms with Crippen molar-refractivity contribution in [2.75, 3.05) is 0 Å². The highest BCUT2D eigenvalue weighted by Gasteiger charge is 2.18. The lowest BCUT2D eigenvalue weighted by molar-refractivity contribution is 0.337. The largest absolute Gasteiger partial charge is 0.262 e. The van der Waals surface area contributed by atoms with Crippen LogP contribution in [0.15, 0.2) is 18.5 Å². The highest BCUT2D eigenvalue weighted by Crippen LogP contribution is 2.31. The van der Waals surface area contributed by atoms with E-state index in [1.54, 1.807) is 6.20 Å². The van der Waals surface area contributed by atoms with Gasteiger partial charge in [-0.05, 0) is 18.9 Å². The average molecular weight is 236 g/mol. The molecule has 1 aliphatic rings. The minimum Gasteiger partial charge on any atom is -0.262 e. The topological polar surface area (TPSA) is 30.7 Å². The molecule has 1 fully saturated rings. The van der Waals surface area contributed by atoms with E-state index in [0.717, 1.165) is 10.9 Å². The van der Waals surface area contributed by atoms with Gasteiger partial charge in [0.1, 0.15) is 5.15 Å². The third-order valence-electron chi connectivity index (χ3n) is 3.40. The molecule has 1 aliphatic carbocycles. The van der Waals surface area contributed by atoms with Crippen LogP contribution in [0.2, 0.25) is 5.15 Å². The Kier molecular flexibility index (Phi) is 2.56. The van der Waals surface area contributed by atoms with Gasteiger partial charge in [-0.25, -0.2) is 4.98 Å². The summed E-state index contributed by atoms with van der Waals surface area (Å²) in [6, 6.07) is 2.55. The van der Waals surface area contributed by atoms with Crippen LogP contribution in [0.1, 0.15) is 38.1 Å². The van der Waals surface area contributed by atoms with E-state index in [4.69, 9.17) is 11.6 Å². The Morgan fingerprint density at radius 3 is 2.88 bits per heavy atom. The molecule has 0 amide bonds. The van der Waals surface area contributed by atoms with E-state index in [9.17, 15) is 0 Å². The van der Waals surface area contributed by atoms with Crippen molar-refractivity contribution in [1.29, 1.82) is 0 Å². The van der Waals surface area contributed by atoms with Crippen molar-refractivity contribution in [1.82, 2.24) is 14.8 Å². The van der Waals surface area contributed by atoms with Crippen LogP contribution in [0.3, 0.4) is 0 Å². The summed E-state index contributed by atoms with van der Waals surface area (Å²) in [6.45, 7) is 0. The second-order valence-corrected chi connectivity index (χ2v) is 4.77. The normalized spacial score (nSPS) is 18.1. The van der Waals surface area contributed by atoms with Gasteiger partial charge in [-0.1, -0.05) is 30.9 Å². The summed E-state index contributed by atoms with van der Waals surface area (Å²) < 4.78 is 2.13. The Balaban J connectivity index is 2.06. The lowest BCUT2D eigenvalue weighted by Crippen LogP contribution is -2.13. The Morgan fingerprint density at radius 1 is 1.25 bits per heavy atom. The smallest absolute Gasteiger partial charge is 0.139 e. The molecule has 16 heavy (non-hydrogen) atoms. The van der Waals surface area contributed by atoms with Crippen molar-refractivity contribution >= 4 is 22.5 Å². The Labute approximate surface area is 99.4 Å². The first kappa shape index (κ1) is 10.1. The van der Waals surface area contributed by atoms with Crippen molar-refractivity contribution < 1.29 is 0 Å². The number of pyridine rings is 1. The van der Waals surface area contributed by atoms with Crippen LogP contribution in [-0.4, -0.2) is 14.8 Å². The minimum absolute atomic E-state index is 0.546. The van der Waals surface area contributed by atoms with E-state index >= 15 is 0 Å². The number of rotatable bonds is 1. The molecule has 0 bridgehead atoms. The van der Waals surface area contributed by atoms with Gasteiger partial charge in [0.15, 0.2) is 0 Å². The van der Waals surface area contributed by atoms with Gasteiger partial charge < -0.3 is 0 Å². The Bertz CT molecular complexity index is 500. The first-order valence-electron chi connectivity index (χ1n) is 5.84. The number of hydrogen-bond donors (Lipinski definition) is 0.